The van der Waals surface area contributed by atoms with Gasteiger partial charge in [0, 0.05) is 13.1 Å². The maximum atomic E-state index is 13.0. The SMILES string of the molecule is N#Cc1cccc(S(=O)(=O)N2CCO[C@@H](c3ccc(F)cc3)C2)c1. The molecule has 1 aliphatic heterocycles. The summed E-state index contributed by atoms with van der Waals surface area (Å²) in [5.41, 5.74) is 1.02. The molecule has 1 saturated heterocycles. The van der Waals surface area contributed by atoms with Gasteiger partial charge in [0.25, 0.3) is 0 Å². The summed E-state index contributed by atoms with van der Waals surface area (Å²) in [4.78, 5) is 0.0845. The highest BCUT2D eigenvalue weighted by Crippen LogP contribution is 2.26. The highest BCUT2D eigenvalue weighted by Gasteiger charge is 2.31. The van der Waals surface area contributed by atoms with Crippen molar-refractivity contribution in [2.45, 2.75) is 11.0 Å². The second-order valence-corrected chi connectivity index (χ2v) is 7.35. The van der Waals surface area contributed by atoms with Gasteiger partial charge in [-0.05, 0) is 35.9 Å². The summed E-state index contributed by atoms with van der Waals surface area (Å²) in [7, 11) is -3.72. The summed E-state index contributed by atoms with van der Waals surface area (Å²) in [6, 6.07) is 13.7. The van der Waals surface area contributed by atoms with E-state index < -0.39 is 16.1 Å². The monoisotopic (exact) mass is 346 g/mol. The maximum absolute atomic E-state index is 13.0. The predicted octanol–water partition coefficient (Wildman–Crippen LogP) is 2.46. The van der Waals surface area contributed by atoms with Crippen molar-refractivity contribution in [3.05, 3.63) is 65.5 Å². The lowest BCUT2D eigenvalue weighted by Gasteiger charge is -2.32. The Morgan fingerprint density at radius 1 is 1.21 bits per heavy atom. The summed E-state index contributed by atoms with van der Waals surface area (Å²) in [5.74, 6) is -0.354. The maximum Gasteiger partial charge on any atom is 0.243 e. The number of nitrogens with zero attached hydrogens (tertiary/aromatic N) is 2. The van der Waals surface area contributed by atoms with Gasteiger partial charge in [-0.15, -0.1) is 0 Å². The highest BCUT2D eigenvalue weighted by atomic mass is 32.2. The number of rotatable bonds is 3. The van der Waals surface area contributed by atoms with Crippen molar-refractivity contribution in [3.63, 3.8) is 0 Å². The van der Waals surface area contributed by atoms with E-state index in [0.29, 0.717) is 5.56 Å². The fourth-order valence-electron chi connectivity index (χ4n) is 2.60. The van der Waals surface area contributed by atoms with E-state index >= 15 is 0 Å². The van der Waals surface area contributed by atoms with Crippen LogP contribution in [0.25, 0.3) is 0 Å². The Kier molecular flexibility index (Phi) is 4.62. The van der Waals surface area contributed by atoms with Crippen LogP contribution in [0.15, 0.2) is 53.4 Å². The zero-order chi connectivity index (χ0) is 17.2. The topological polar surface area (TPSA) is 70.4 Å². The van der Waals surface area contributed by atoms with Crippen LogP contribution in [0, 0.1) is 17.1 Å². The van der Waals surface area contributed by atoms with Gasteiger partial charge in [0.2, 0.25) is 10.0 Å². The third-order valence-corrected chi connectivity index (χ3v) is 5.73. The van der Waals surface area contributed by atoms with Crippen molar-refractivity contribution in [3.8, 4) is 6.07 Å². The van der Waals surface area contributed by atoms with Gasteiger partial charge < -0.3 is 4.74 Å². The molecular formula is C17H15FN2O3S. The summed E-state index contributed by atoms with van der Waals surface area (Å²) >= 11 is 0. The number of ether oxygens (including phenoxy) is 1. The molecule has 0 aromatic heterocycles. The van der Waals surface area contributed by atoms with Crippen LogP contribution in [0.5, 0.6) is 0 Å². The largest absolute Gasteiger partial charge is 0.371 e. The van der Waals surface area contributed by atoms with Gasteiger partial charge in [0.15, 0.2) is 0 Å². The van der Waals surface area contributed by atoms with Crippen LogP contribution in [0.1, 0.15) is 17.2 Å². The van der Waals surface area contributed by atoms with Gasteiger partial charge in [-0.3, -0.25) is 0 Å². The first-order valence-corrected chi connectivity index (χ1v) is 8.82. The highest BCUT2D eigenvalue weighted by molar-refractivity contribution is 7.89. The Labute approximate surface area is 139 Å². The van der Waals surface area contributed by atoms with Crippen LogP contribution in [-0.2, 0) is 14.8 Å². The average Bonchev–Trinajstić information content (AvgIpc) is 2.62. The van der Waals surface area contributed by atoms with E-state index in [1.165, 1.54) is 28.6 Å². The van der Waals surface area contributed by atoms with E-state index in [1.54, 1.807) is 24.3 Å². The number of morpholine rings is 1. The van der Waals surface area contributed by atoms with Crippen LogP contribution in [0.2, 0.25) is 0 Å². The zero-order valence-corrected chi connectivity index (χ0v) is 13.5. The smallest absolute Gasteiger partial charge is 0.243 e. The third-order valence-electron chi connectivity index (χ3n) is 3.87. The van der Waals surface area contributed by atoms with Crippen molar-refractivity contribution < 1.29 is 17.5 Å². The molecule has 1 atom stereocenters. The predicted molar refractivity (Wildman–Crippen MR) is 85.0 cm³/mol. The Bertz CT molecular complexity index is 875. The van der Waals surface area contributed by atoms with Gasteiger partial charge in [0.05, 0.1) is 29.2 Å². The minimum atomic E-state index is -3.72. The van der Waals surface area contributed by atoms with E-state index in [2.05, 4.69) is 0 Å². The standard InChI is InChI=1S/C17H15FN2O3S/c18-15-6-4-14(5-7-15)17-12-20(8-9-23-17)24(21,22)16-3-1-2-13(10-16)11-19/h1-7,10,17H,8-9,12H2/t17-/m1/s1. The molecule has 1 heterocycles. The molecule has 0 amide bonds. The quantitative estimate of drug-likeness (QED) is 0.856. The van der Waals surface area contributed by atoms with Crippen LogP contribution < -0.4 is 0 Å². The second-order valence-electron chi connectivity index (χ2n) is 5.41. The fourth-order valence-corrected chi connectivity index (χ4v) is 4.07. The first-order valence-electron chi connectivity index (χ1n) is 7.38. The molecule has 2 aromatic rings. The van der Waals surface area contributed by atoms with Gasteiger partial charge >= 0.3 is 0 Å². The molecule has 5 nitrogen and oxygen atoms in total. The van der Waals surface area contributed by atoms with Gasteiger partial charge in [0.1, 0.15) is 5.82 Å². The van der Waals surface area contributed by atoms with Crippen LogP contribution in [0.3, 0.4) is 0 Å². The number of nitriles is 1. The Morgan fingerprint density at radius 2 is 1.96 bits per heavy atom. The van der Waals surface area contributed by atoms with Crippen molar-refractivity contribution in [1.29, 1.82) is 5.26 Å². The summed E-state index contributed by atoms with van der Waals surface area (Å²) in [5, 5.41) is 8.94. The van der Waals surface area contributed by atoms with Crippen LogP contribution in [0.4, 0.5) is 4.39 Å². The molecular weight excluding hydrogens is 331 g/mol. The fraction of sp³-hybridized carbons (Fsp3) is 0.235. The molecule has 0 spiro atoms. The molecule has 0 radical (unpaired) electrons. The molecule has 0 saturated carbocycles. The molecule has 0 N–H and O–H groups in total. The summed E-state index contributed by atoms with van der Waals surface area (Å²) in [6.07, 6.45) is -0.451. The zero-order valence-electron chi connectivity index (χ0n) is 12.7. The summed E-state index contributed by atoms with van der Waals surface area (Å²) in [6.45, 7) is 0.626. The Hall–Kier alpha value is -2.27. The molecule has 1 aliphatic rings. The molecule has 0 unspecified atom stereocenters. The normalized spacial score (nSPS) is 18.9. The lowest BCUT2D eigenvalue weighted by Crippen LogP contribution is -2.42. The average molecular weight is 346 g/mol. The van der Waals surface area contributed by atoms with Crippen LogP contribution >= 0.6 is 0 Å². The third kappa shape index (κ3) is 3.31. The lowest BCUT2D eigenvalue weighted by atomic mass is 10.1. The number of benzene rings is 2. The molecule has 7 heteroatoms. The number of hydrogen-bond acceptors (Lipinski definition) is 4. The second kappa shape index (κ2) is 6.69. The molecule has 2 aromatic carbocycles. The van der Waals surface area contributed by atoms with E-state index in [9.17, 15) is 12.8 Å². The van der Waals surface area contributed by atoms with E-state index in [1.807, 2.05) is 6.07 Å². The van der Waals surface area contributed by atoms with Gasteiger partial charge in [-0.25, -0.2) is 12.8 Å². The minimum absolute atomic E-state index is 0.0845. The van der Waals surface area contributed by atoms with Gasteiger partial charge in [-0.1, -0.05) is 18.2 Å². The van der Waals surface area contributed by atoms with Crippen molar-refractivity contribution in [2.24, 2.45) is 0 Å². The molecule has 3 rings (SSSR count). The van der Waals surface area contributed by atoms with E-state index in [4.69, 9.17) is 10.00 Å². The first kappa shape index (κ1) is 16.6. The first-order chi connectivity index (χ1) is 11.5. The number of sulfonamides is 1. The number of halogens is 1. The lowest BCUT2D eigenvalue weighted by molar-refractivity contribution is -0.00258. The molecule has 124 valence electrons. The molecule has 0 aliphatic carbocycles. The van der Waals surface area contributed by atoms with E-state index in [-0.39, 0.29) is 30.4 Å². The van der Waals surface area contributed by atoms with Crippen molar-refractivity contribution >= 4 is 10.0 Å². The molecule has 0 bridgehead atoms. The molecule has 1 fully saturated rings. The molecule has 24 heavy (non-hydrogen) atoms. The van der Waals surface area contributed by atoms with Crippen LogP contribution in [-0.4, -0.2) is 32.4 Å². The summed E-state index contributed by atoms with van der Waals surface area (Å²) < 4.78 is 45.6. The minimum Gasteiger partial charge on any atom is -0.371 e. The Balaban J connectivity index is 1.85. The number of hydrogen-bond donors (Lipinski definition) is 0. The van der Waals surface area contributed by atoms with Crippen molar-refractivity contribution in [1.82, 2.24) is 4.31 Å². The van der Waals surface area contributed by atoms with E-state index in [0.717, 1.165) is 5.56 Å². The van der Waals surface area contributed by atoms with Gasteiger partial charge in [-0.2, -0.15) is 9.57 Å². The Morgan fingerprint density at radius 3 is 2.67 bits per heavy atom. The van der Waals surface area contributed by atoms with Crippen molar-refractivity contribution in [2.75, 3.05) is 19.7 Å².